The van der Waals surface area contributed by atoms with Crippen molar-refractivity contribution in [3.63, 3.8) is 0 Å². The summed E-state index contributed by atoms with van der Waals surface area (Å²) in [6.45, 7) is 4.19. The largest absolute Gasteiger partial charge is 0.468 e. The highest BCUT2D eigenvalue weighted by molar-refractivity contribution is 7.88. The average molecular weight is 477 g/mol. The van der Waals surface area contributed by atoms with Crippen molar-refractivity contribution >= 4 is 39.2 Å². The topological polar surface area (TPSA) is 66.9 Å². The number of carbonyl (C=O) groups is 1. The molecule has 1 aliphatic carbocycles. The monoisotopic (exact) mass is 476 g/mol. The summed E-state index contributed by atoms with van der Waals surface area (Å²) in [5.74, 6) is -0.312. The molecule has 30 heavy (non-hydrogen) atoms. The van der Waals surface area contributed by atoms with Gasteiger partial charge in [-0.15, -0.1) is 0 Å². The Labute approximate surface area is 189 Å². The third kappa shape index (κ3) is 5.30. The molecule has 1 aliphatic heterocycles. The number of methoxy groups -OCH3 is 1. The summed E-state index contributed by atoms with van der Waals surface area (Å²) in [4.78, 5) is 14.9. The van der Waals surface area contributed by atoms with E-state index < -0.39 is 15.4 Å². The molecule has 1 heterocycles. The maximum atomic E-state index is 12.6. The van der Waals surface area contributed by atoms with Gasteiger partial charge in [0.15, 0.2) is 0 Å². The minimum absolute atomic E-state index is 0.0748. The van der Waals surface area contributed by atoms with Crippen LogP contribution in [0.5, 0.6) is 0 Å². The molecule has 1 saturated heterocycles. The Morgan fingerprint density at radius 3 is 2.27 bits per heavy atom. The lowest BCUT2D eigenvalue weighted by atomic mass is 9.79. The summed E-state index contributed by atoms with van der Waals surface area (Å²) in [5.41, 5.74) is -0.0669. The fourth-order valence-electron chi connectivity index (χ4n) is 4.38. The minimum Gasteiger partial charge on any atom is -0.468 e. The van der Waals surface area contributed by atoms with Crippen LogP contribution in [-0.2, 0) is 25.0 Å². The molecule has 1 atom stereocenters. The van der Waals surface area contributed by atoms with Crippen molar-refractivity contribution in [3.8, 4) is 0 Å². The second-order valence-corrected chi connectivity index (χ2v) is 11.3. The Morgan fingerprint density at radius 2 is 1.77 bits per heavy atom. The van der Waals surface area contributed by atoms with Crippen molar-refractivity contribution in [3.05, 3.63) is 33.8 Å². The molecule has 1 aromatic carbocycles. The Kier molecular flexibility index (Phi) is 7.40. The molecular weight excluding hydrogens is 447 g/mol. The highest BCUT2D eigenvalue weighted by atomic mass is 35.5. The lowest BCUT2D eigenvalue weighted by Crippen LogP contribution is -2.49. The van der Waals surface area contributed by atoms with E-state index in [1.807, 2.05) is 13.0 Å². The van der Waals surface area contributed by atoms with Crippen molar-refractivity contribution in [2.45, 2.75) is 56.5 Å². The second-order valence-electron chi connectivity index (χ2n) is 8.60. The van der Waals surface area contributed by atoms with E-state index in [1.54, 1.807) is 16.4 Å². The van der Waals surface area contributed by atoms with E-state index in [-0.39, 0.29) is 18.1 Å². The predicted octanol–water partition coefficient (Wildman–Crippen LogP) is 3.70. The van der Waals surface area contributed by atoms with Gasteiger partial charge in [0.1, 0.15) is 0 Å². The zero-order valence-corrected chi connectivity index (χ0v) is 20.1. The normalized spacial score (nSPS) is 20.9. The van der Waals surface area contributed by atoms with Gasteiger partial charge in [-0.25, -0.2) is 8.42 Å². The van der Waals surface area contributed by atoms with Crippen LogP contribution in [0.15, 0.2) is 18.2 Å². The zero-order valence-electron chi connectivity index (χ0n) is 17.7. The van der Waals surface area contributed by atoms with Crippen LogP contribution < -0.4 is 0 Å². The van der Waals surface area contributed by atoms with Gasteiger partial charge in [-0.3, -0.25) is 4.79 Å². The highest BCUT2D eigenvalue weighted by Gasteiger charge is 2.41. The smallest absolute Gasteiger partial charge is 0.316 e. The van der Waals surface area contributed by atoms with Crippen LogP contribution in [-0.4, -0.2) is 68.7 Å². The summed E-state index contributed by atoms with van der Waals surface area (Å²) in [7, 11) is -1.79. The molecule has 0 spiro atoms. The molecule has 2 aliphatic rings. The van der Waals surface area contributed by atoms with Crippen LogP contribution in [0.1, 0.15) is 44.6 Å². The van der Waals surface area contributed by atoms with Gasteiger partial charge in [-0.05, 0) is 76.4 Å². The van der Waals surface area contributed by atoms with Crippen LogP contribution in [0.4, 0.5) is 0 Å². The van der Waals surface area contributed by atoms with Gasteiger partial charge in [0.05, 0.1) is 28.8 Å². The molecule has 3 rings (SSSR count). The first-order valence-corrected chi connectivity index (χ1v) is 12.9. The fraction of sp³-hybridized carbons (Fsp3) is 0.667. The summed E-state index contributed by atoms with van der Waals surface area (Å²) in [6, 6.07) is 5.51. The average Bonchev–Trinajstić information content (AvgIpc) is 3.52. The maximum absolute atomic E-state index is 12.6. The van der Waals surface area contributed by atoms with Crippen LogP contribution in [0.2, 0.25) is 10.0 Å². The van der Waals surface area contributed by atoms with E-state index >= 15 is 0 Å². The summed E-state index contributed by atoms with van der Waals surface area (Å²) in [5, 5.41) is 0.854. The lowest BCUT2D eigenvalue weighted by Gasteiger charge is -2.38. The van der Waals surface area contributed by atoms with Crippen molar-refractivity contribution in [1.82, 2.24) is 9.21 Å². The summed E-state index contributed by atoms with van der Waals surface area (Å²) < 4.78 is 31.2. The summed E-state index contributed by atoms with van der Waals surface area (Å²) in [6.07, 6.45) is 5.44. The number of rotatable bonds is 8. The first-order chi connectivity index (χ1) is 14.1. The molecular formula is C21H30Cl2N2O4S. The molecule has 6 nitrogen and oxygen atoms in total. The molecule has 1 aromatic rings. The fourth-order valence-corrected chi connectivity index (χ4v) is 6.18. The third-order valence-corrected chi connectivity index (χ3v) is 8.43. The van der Waals surface area contributed by atoms with Crippen LogP contribution >= 0.6 is 23.2 Å². The molecule has 9 heteroatoms. The van der Waals surface area contributed by atoms with Gasteiger partial charge < -0.3 is 9.64 Å². The Hall–Kier alpha value is -0.860. The maximum Gasteiger partial charge on any atom is 0.316 e. The van der Waals surface area contributed by atoms with Gasteiger partial charge in [0, 0.05) is 12.1 Å². The number of halogens is 2. The second kappa shape index (κ2) is 9.33. The van der Waals surface area contributed by atoms with Gasteiger partial charge in [0.2, 0.25) is 10.0 Å². The molecule has 0 radical (unpaired) electrons. The van der Waals surface area contributed by atoms with E-state index in [2.05, 4.69) is 4.90 Å². The van der Waals surface area contributed by atoms with E-state index in [1.165, 1.54) is 13.4 Å². The minimum atomic E-state index is -3.18. The molecule has 0 N–H and O–H groups in total. The number of ether oxygens (including phenoxy) is 1. The van der Waals surface area contributed by atoms with Crippen molar-refractivity contribution in [1.29, 1.82) is 0 Å². The molecule has 0 amide bonds. The molecule has 1 unspecified atom stereocenters. The first-order valence-electron chi connectivity index (χ1n) is 10.3. The lowest BCUT2D eigenvalue weighted by molar-refractivity contribution is -0.147. The number of hydrogen-bond donors (Lipinski definition) is 0. The van der Waals surface area contributed by atoms with Crippen molar-refractivity contribution in [2.75, 3.05) is 33.0 Å². The van der Waals surface area contributed by atoms with Gasteiger partial charge >= 0.3 is 5.97 Å². The number of benzene rings is 1. The number of piperidine rings is 1. The molecule has 2 fully saturated rings. The standard InChI is InChI=1S/C21H30Cl2N2O4S/c1-21(20(26)29-2,15-4-7-18(22)19(23)14-15)10-13-24-11-8-17(9-12-24)25(16-5-6-16)30(3,27)28/h4,7,14,16-17H,5-6,8-13H2,1-3H3. The Balaban J connectivity index is 1.64. The summed E-state index contributed by atoms with van der Waals surface area (Å²) >= 11 is 12.2. The van der Waals surface area contributed by atoms with E-state index in [0.717, 1.165) is 44.3 Å². The van der Waals surface area contributed by atoms with Gasteiger partial charge in [-0.1, -0.05) is 29.3 Å². The molecule has 1 saturated carbocycles. The predicted molar refractivity (Wildman–Crippen MR) is 120 cm³/mol. The number of nitrogens with zero attached hydrogens (tertiary/aromatic N) is 2. The third-order valence-electron chi connectivity index (χ3n) is 6.33. The van der Waals surface area contributed by atoms with Crippen LogP contribution in [0.3, 0.4) is 0 Å². The SMILES string of the molecule is COC(=O)C(C)(CCN1CCC(N(C2CC2)S(C)(=O)=O)CC1)c1ccc(Cl)c(Cl)c1. The number of carbonyl (C=O) groups excluding carboxylic acids is 1. The van der Waals surface area contributed by atoms with Gasteiger partial charge in [0.25, 0.3) is 0 Å². The molecule has 0 bridgehead atoms. The van der Waals surface area contributed by atoms with Crippen LogP contribution in [0.25, 0.3) is 0 Å². The van der Waals surface area contributed by atoms with Crippen molar-refractivity contribution < 1.29 is 17.9 Å². The highest BCUT2D eigenvalue weighted by Crippen LogP contribution is 2.36. The first kappa shape index (κ1) is 23.8. The molecule has 0 aromatic heterocycles. The van der Waals surface area contributed by atoms with E-state index in [4.69, 9.17) is 27.9 Å². The Bertz CT molecular complexity index is 883. The van der Waals surface area contributed by atoms with Crippen molar-refractivity contribution in [2.24, 2.45) is 0 Å². The zero-order chi connectivity index (χ0) is 22.1. The number of esters is 1. The van der Waals surface area contributed by atoms with E-state index in [0.29, 0.717) is 23.0 Å². The van der Waals surface area contributed by atoms with Crippen LogP contribution in [0, 0.1) is 0 Å². The quantitative estimate of drug-likeness (QED) is 0.535. The van der Waals surface area contributed by atoms with E-state index in [9.17, 15) is 13.2 Å². The number of sulfonamides is 1. The number of likely N-dealkylation sites (tertiary alicyclic amines) is 1. The molecule has 168 valence electrons. The van der Waals surface area contributed by atoms with Gasteiger partial charge in [-0.2, -0.15) is 4.31 Å². The Morgan fingerprint density at radius 1 is 1.17 bits per heavy atom. The number of hydrogen-bond acceptors (Lipinski definition) is 5.